The van der Waals surface area contributed by atoms with E-state index in [9.17, 15) is 0 Å². The van der Waals surface area contributed by atoms with Crippen LogP contribution in [0.3, 0.4) is 0 Å². The normalized spacial score (nSPS) is 30.7. The molecule has 106 valence electrons. The van der Waals surface area contributed by atoms with Crippen molar-refractivity contribution in [3.8, 4) is 0 Å². The van der Waals surface area contributed by atoms with Crippen molar-refractivity contribution in [3.05, 3.63) is 0 Å². The molecule has 18 heavy (non-hydrogen) atoms. The minimum absolute atomic E-state index is 0.346. The maximum absolute atomic E-state index is 5.54. The number of hydrogen-bond acceptors (Lipinski definition) is 3. The van der Waals surface area contributed by atoms with Crippen LogP contribution in [-0.2, 0) is 4.74 Å². The van der Waals surface area contributed by atoms with Gasteiger partial charge in [-0.05, 0) is 31.1 Å². The van der Waals surface area contributed by atoms with E-state index in [0.717, 1.165) is 31.7 Å². The first-order chi connectivity index (χ1) is 8.52. The van der Waals surface area contributed by atoms with Gasteiger partial charge in [-0.25, -0.2) is 0 Å². The topological polar surface area (TPSA) is 24.5 Å². The van der Waals surface area contributed by atoms with E-state index in [2.05, 4.69) is 37.9 Å². The maximum atomic E-state index is 5.54. The van der Waals surface area contributed by atoms with Crippen LogP contribution in [0.4, 0.5) is 0 Å². The minimum Gasteiger partial charge on any atom is -0.380 e. The van der Waals surface area contributed by atoms with Crippen molar-refractivity contribution in [1.29, 1.82) is 0 Å². The lowest BCUT2D eigenvalue weighted by Crippen LogP contribution is -2.61. The molecule has 0 spiro atoms. The molecule has 1 N–H and O–H groups in total. The summed E-state index contributed by atoms with van der Waals surface area (Å²) in [4.78, 5) is 2.68. The predicted molar refractivity (Wildman–Crippen MR) is 75.8 cm³/mol. The molecule has 0 aromatic heterocycles. The molecule has 1 heterocycles. The summed E-state index contributed by atoms with van der Waals surface area (Å²) in [5, 5.41) is 3.77. The predicted octanol–water partition coefficient (Wildman–Crippen LogP) is 2.12. The summed E-state index contributed by atoms with van der Waals surface area (Å²) in [6, 6.07) is 1.36. The summed E-state index contributed by atoms with van der Waals surface area (Å²) in [5.74, 6) is 0.944. The van der Waals surface area contributed by atoms with Gasteiger partial charge >= 0.3 is 0 Å². The highest BCUT2D eigenvalue weighted by Crippen LogP contribution is 2.37. The second kappa shape index (κ2) is 5.89. The third kappa shape index (κ3) is 3.69. The highest BCUT2D eigenvalue weighted by Gasteiger charge is 2.40. The first-order valence-electron chi connectivity index (χ1n) is 7.57. The molecule has 3 nitrogen and oxygen atoms in total. The van der Waals surface area contributed by atoms with Crippen molar-refractivity contribution in [3.63, 3.8) is 0 Å². The van der Waals surface area contributed by atoms with Crippen LogP contribution in [0.15, 0.2) is 0 Å². The Hall–Kier alpha value is -0.120. The number of nitrogens with zero attached hydrogens (tertiary/aromatic N) is 1. The lowest BCUT2D eigenvalue weighted by molar-refractivity contribution is 0.0423. The summed E-state index contributed by atoms with van der Waals surface area (Å²) in [7, 11) is 0. The standard InChI is InChI=1S/C15H30N2O/c1-5-18-9-8-17-11-14(15(2,3)4)16-10-13(17)12-6-7-12/h12-14,16H,5-11H2,1-4H3. The first kappa shape index (κ1) is 14.3. The number of ether oxygens (including phenoxy) is 1. The zero-order valence-electron chi connectivity index (χ0n) is 12.5. The van der Waals surface area contributed by atoms with Gasteiger partial charge < -0.3 is 10.1 Å². The van der Waals surface area contributed by atoms with Crippen molar-refractivity contribution >= 4 is 0 Å². The molecule has 2 unspecified atom stereocenters. The van der Waals surface area contributed by atoms with Crippen molar-refractivity contribution in [1.82, 2.24) is 10.2 Å². The molecule has 1 aliphatic heterocycles. The van der Waals surface area contributed by atoms with Gasteiger partial charge in [0.05, 0.1) is 6.61 Å². The molecule has 2 aliphatic rings. The fourth-order valence-electron chi connectivity index (χ4n) is 2.94. The molecule has 0 aromatic carbocycles. The van der Waals surface area contributed by atoms with Crippen LogP contribution in [0, 0.1) is 11.3 Å². The Balaban J connectivity index is 1.90. The van der Waals surface area contributed by atoms with Gasteiger partial charge in [0.15, 0.2) is 0 Å². The van der Waals surface area contributed by atoms with E-state index < -0.39 is 0 Å². The molecular formula is C15H30N2O. The lowest BCUT2D eigenvalue weighted by Gasteiger charge is -2.45. The molecule has 3 heteroatoms. The molecule has 2 fully saturated rings. The van der Waals surface area contributed by atoms with Gasteiger partial charge in [0.25, 0.3) is 0 Å². The van der Waals surface area contributed by atoms with Gasteiger partial charge in [-0.2, -0.15) is 0 Å². The van der Waals surface area contributed by atoms with Crippen LogP contribution < -0.4 is 5.32 Å². The summed E-state index contributed by atoms with van der Waals surface area (Å²) in [6.07, 6.45) is 2.86. The third-order valence-electron chi connectivity index (χ3n) is 4.40. The molecule has 2 rings (SSSR count). The fourth-order valence-corrected chi connectivity index (χ4v) is 2.94. The quantitative estimate of drug-likeness (QED) is 0.761. The number of piperazine rings is 1. The Morgan fingerprint density at radius 3 is 2.56 bits per heavy atom. The zero-order chi connectivity index (χ0) is 13.2. The number of hydrogen-bond donors (Lipinski definition) is 1. The summed E-state index contributed by atoms with van der Waals surface area (Å²) in [5.41, 5.74) is 0.346. The van der Waals surface area contributed by atoms with Crippen molar-refractivity contribution in [2.45, 2.75) is 52.6 Å². The average Bonchev–Trinajstić information content (AvgIpc) is 3.12. The van der Waals surface area contributed by atoms with Crippen LogP contribution in [0.5, 0.6) is 0 Å². The van der Waals surface area contributed by atoms with Crippen molar-refractivity contribution in [2.75, 3.05) is 32.8 Å². The van der Waals surface area contributed by atoms with E-state index in [4.69, 9.17) is 4.74 Å². The highest BCUT2D eigenvalue weighted by molar-refractivity contribution is 4.97. The van der Waals surface area contributed by atoms with Gasteiger partial charge in [0.2, 0.25) is 0 Å². The largest absolute Gasteiger partial charge is 0.380 e. The Labute approximate surface area is 112 Å². The summed E-state index contributed by atoms with van der Waals surface area (Å²) >= 11 is 0. The highest BCUT2D eigenvalue weighted by atomic mass is 16.5. The van der Waals surface area contributed by atoms with E-state index >= 15 is 0 Å². The Morgan fingerprint density at radius 1 is 1.28 bits per heavy atom. The van der Waals surface area contributed by atoms with Gasteiger partial charge in [0, 0.05) is 38.3 Å². The smallest absolute Gasteiger partial charge is 0.0593 e. The van der Waals surface area contributed by atoms with Gasteiger partial charge in [-0.1, -0.05) is 20.8 Å². The lowest BCUT2D eigenvalue weighted by atomic mass is 9.84. The summed E-state index contributed by atoms with van der Waals surface area (Å²) < 4.78 is 5.54. The Bertz CT molecular complexity index is 258. The van der Waals surface area contributed by atoms with Crippen LogP contribution in [0.2, 0.25) is 0 Å². The molecule has 0 amide bonds. The number of nitrogens with one attached hydrogen (secondary N) is 1. The van der Waals surface area contributed by atoms with Crippen LogP contribution in [0.1, 0.15) is 40.5 Å². The zero-order valence-corrected chi connectivity index (χ0v) is 12.5. The molecule has 0 aromatic rings. The molecular weight excluding hydrogens is 224 g/mol. The molecule has 0 bridgehead atoms. The molecule has 2 atom stereocenters. The molecule has 1 aliphatic carbocycles. The minimum atomic E-state index is 0.346. The first-order valence-corrected chi connectivity index (χ1v) is 7.57. The Kier molecular flexibility index (Phi) is 4.68. The Morgan fingerprint density at radius 2 is 2.00 bits per heavy atom. The van der Waals surface area contributed by atoms with E-state index in [0.29, 0.717) is 11.5 Å². The maximum Gasteiger partial charge on any atom is 0.0593 e. The monoisotopic (exact) mass is 254 g/mol. The van der Waals surface area contributed by atoms with Gasteiger partial charge in [-0.3, -0.25) is 4.90 Å². The fraction of sp³-hybridized carbons (Fsp3) is 1.00. The van der Waals surface area contributed by atoms with E-state index in [1.165, 1.54) is 25.9 Å². The van der Waals surface area contributed by atoms with Crippen molar-refractivity contribution in [2.24, 2.45) is 11.3 Å². The molecule has 0 radical (unpaired) electrons. The second-order valence-electron chi connectivity index (χ2n) is 6.92. The van der Waals surface area contributed by atoms with Crippen LogP contribution >= 0.6 is 0 Å². The van der Waals surface area contributed by atoms with E-state index in [1.807, 2.05) is 0 Å². The molecule has 1 saturated carbocycles. The second-order valence-corrected chi connectivity index (χ2v) is 6.92. The van der Waals surface area contributed by atoms with Crippen LogP contribution in [0.25, 0.3) is 0 Å². The number of rotatable bonds is 5. The van der Waals surface area contributed by atoms with Crippen molar-refractivity contribution < 1.29 is 4.74 Å². The summed E-state index contributed by atoms with van der Waals surface area (Å²) in [6.45, 7) is 14.3. The van der Waals surface area contributed by atoms with E-state index in [1.54, 1.807) is 0 Å². The van der Waals surface area contributed by atoms with Gasteiger partial charge in [-0.15, -0.1) is 0 Å². The average molecular weight is 254 g/mol. The van der Waals surface area contributed by atoms with Crippen LogP contribution in [-0.4, -0.2) is 49.8 Å². The molecule has 1 saturated heterocycles. The SMILES string of the molecule is CCOCCN1CC(C(C)(C)C)NCC1C1CC1. The van der Waals surface area contributed by atoms with Gasteiger partial charge in [0.1, 0.15) is 0 Å². The van der Waals surface area contributed by atoms with E-state index in [-0.39, 0.29) is 0 Å². The third-order valence-corrected chi connectivity index (χ3v) is 4.40.